The van der Waals surface area contributed by atoms with Gasteiger partial charge in [-0.15, -0.1) is 0 Å². The number of piperazine rings is 1. The van der Waals surface area contributed by atoms with Crippen LogP contribution >= 0.6 is 0 Å². The van der Waals surface area contributed by atoms with Gasteiger partial charge in [-0.2, -0.15) is 13.2 Å². The predicted molar refractivity (Wildman–Crippen MR) is 94.8 cm³/mol. The minimum absolute atomic E-state index is 0.206. The number of rotatable bonds is 5. The van der Waals surface area contributed by atoms with Gasteiger partial charge in [0.25, 0.3) is 0 Å². The second-order valence-corrected chi connectivity index (χ2v) is 7.26. The minimum atomic E-state index is -4.29. The van der Waals surface area contributed by atoms with E-state index >= 15 is 0 Å². The van der Waals surface area contributed by atoms with E-state index in [-0.39, 0.29) is 6.61 Å². The van der Waals surface area contributed by atoms with Crippen molar-refractivity contribution in [3.63, 3.8) is 0 Å². The first-order valence-electron chi connectivity index (χ1n) is 9.42. The topological polar surface area (TPSA) is 30.0 Å². The van der Waals surface area contributed by atoms with Crippen molar-refractivity contribution in [3.8, 4) is 0 Å². The fraction of sp³-hybridized carbons (Fsp3) is 0.684. The molecule has 0 radical (unpaired) electrons. The number of piperidine rings is 1. The quantitative estimate of drug-likeness (QED) is 0.860. The van der Waals surface area contributed by atoms with E-state index < -0.39 is 11.7 Å². The summed E-state index contributed by atoms with van der Waals surface area (Å²) in [5.41, 5.74) is -0.141. The lowest BCUT2D eigenvalue weighted by Crippen LogP contribution is -2.53. The maximum atomic E-state index is 13.1. The molecule has 0 bridgehead atoms. The number of hydrogen-bond acceptors (Lipinski definition) is 4. The summed E-state index contributed by atoms with van der Waals surface area (Å²) in [4.78, 5) is 6.93. The first kappa shape index (κ1) is 19.6. The molecular weight excluding hydrogens is 343 g/mol. The number of likely N-dealkylation sites (tertiary alicyclic amines) is 1. The molecule has 0 amide bonds. The van der Waals surface area contributed by atoms with Crippen LogP contribution in [0.1, 0.15) is 24.0 Å². The van der Waals surface area contributed by atoms with Gasteiger partial charge in [-0.25, -0.2) is 0 Å². The zero-order valence-electron chi connectivity index (χ0n) is 15.1. The molecule has 1 aromatic rings. The molecule has 0 spiro atoms. The zero-order valence-corrected chi connectivity index (χ0v) is 15.1. The van der Waals surface area contributed by atoms with E-state index in [1.54, 1.807) is 12.1 Å². The van der Waals surface area contributed by atoms with Crippen LogP contribution in [-0.4, -0.2) is 78.3 Å². The number of β-amino-alcohol motifs (C(OH)–C–C–N with tert-alkyl or cyclic N) is 1. The molecule has 2 aliphatic heterocycles. The van der Waals surface area contributed by atoms with Gasteiger partial charge in [0.15, 0.2) is 0 Å². The zero-order chi connectivity index (χ0) is 18.6. The molecule has 1 aromatic carbocycles. The van der Waals surface area contributed by atoms with Crippen molar-refractivity contribution in [2.75, 3.05) is 52.4 Å². The Bertz CT molecular complexity index is 565. The van der Waals surface area contributed by atoms with E-state index in [1.807, 2.05) is 0 Å². The number of hydrogen-bond donors (Lipinski definition) is 1. The molecule has 26 heavy (non-hydrogen) atoms. The van der Waals surface area contributed by atoms with Crippen LogP contribution in [0.4, 0.5) is 13.2 Å². The number of alkyl halides is 3. The number of aliphatic hydroxyl groups excluding tert-OH is 1. The van der Waals surface area contributed by atoms with Crippen molar-refractivity contribution < 1.29 is 18.3 Å². The van der Waals surface area contributed by atoms with Crippen LogP contribution in [-0.2, 0) is 12.7 Å². The Labute approximate surface area is 153 Å². The average molecular weight is 371 g/mol. The first-order chi connectivity index (χ1) is 12.5. The highest BCUT2D eigenvalue weighted by atomic mass is 19.4. The van der Waals surface area contributed by atoms with Gasteiger partial charge in [0.1, 0.15) is 0 Å². The number of halogens is 3. The van der Waals surface area contributed by atoms with Crippen LogP contribution in [0.3, 0.4) is 0 Å². The van der Waals surface area contributed by atoms with Crippen molar-refractivity contribution in [1.29, 1.82) is 0 Å². The third-order valence-electron chi connectivity index (χ3n) is 5.61. The fourth-order valence-corrected chi connectivity index (χ4v) is 4.11. The highest BCUT2D eigenvalue weighted by molar-refractivity contribution is 5.29. The summed E-state index contributed by atoms with van der Waals surface area (Å²) in [7, 11) is 0. The molecule has 7 heteroatoms. The predicted octanol–water partition coefficient (Wildman–Crippen LogP) is 2.28. The SMILES string of the molecule is OCCN1CCN(C2CCN(Cc3ccccc3C(F)(F)F)CC2)CC1. The number of nitrogens with zero attached hydrogens (tertiary/aromatic N) is 3. The maximum absolute atomic E-state index is 13.1. The van der Waals surface area contributed by atoms with Crippen molar-refractivity contribution in [1.82, 2.24) is 14.7 Å². The lowest BCUT2D eigenvalue weighted by molar-refractivity contribution is -0.138. The molecule has 2 heterocycles. The van der Waals surface area contributed by atoms with Gasteiger partial charge in [-0.3, -0.25) is 14.7 Å². The van der Waals surface area contributed by atoms with Gasteiger partial charge in [-0.05, 0) is 37.6 Å². The number of aliphatic hydroxyl groups is 1. The Morgan fingerprint density at radius 3 is 2.19 bits per heavy atom. The standard InChI is InChI=1S/C19H28F3N3O/c20-19(21,22)18-4-2-1-3-16(18)15-24-7-5-17(6-8-24)25-11-9-23(10-12-25)13-14-26/h1-4,17,26H,5-15H2. The average Bonchev–Trinajstić information content (AvgIpc) is 2.63. The molecule has 1 N–H and O–H groups in total. The van der Waals surface area contributed by atoms with Gasteiger partial charge in [0.05, 0.1) is 12.2 Å². The van der Waals surface area contributed by atoms with Crippen LogP contribution in [0.5, 0.6) is 0 Å². The highest BCUT2D eigenvalue weighted by Crippen LogP contribution is 2.32. The third-order valence-corrected chi connectivity index (χ3v) is 5.61. The minimum Gasteiger partial charge on any atom is -0.395 e. The summed E-state index contributed by atoms with van der Waals surface area (Å²) in [6.45, 7) is 7.00. The van der Waals surface area contributed by atoms with Crippen LogP contribution in [0.25, 0.3) is 0 Å². The fourth-order valence-electron chi connectivity index (χ4n) is 4.11. The molecule has 0 aromatic heterocycles. The van der Waals surface area contributed by atoms with Gasteiger partial charge in [-0.1, -0.05) is 18.2 Å². The molecule has 4 nitrogen and oxygen atoms in total. The van der Waals surface area contributed by atoms with Gasteiger partial charge in [0.2, 0.25) is 0 Å². The van der Waals surface area contributed by atoms with E-state index in [9.17, 15) is 13.2 Å². The summed E-state index contributed by atoms with van der Waals surface area (Å²) in [6, 6.07) is 6.43. The third kappa shape index (κ3) is 4.97. The van der Waals surface area contributed by atoms with Crippen molar-refractivity contribution >= 4 is 0 Å². The monoisotopic (exact) mass is 371 g/mol. The summed E-state index contributed by atoms with van der Waals surface area (Å²) in [5, 5.41) is 9.02. The normalized spacial score (nSPS) is 22.0. The Morgan fingerprint density at radius 1 is 0.923 bits per heavy atom. The van der Waals surface area contributed by atoms with Crippen molar-refractivity contribution in [2.45, 2.75) is 31.6 Å². The van der Waals surface area contributed by atoms with Crippen LogP contribution in [0.2, 0.25) is 0 Å². The lowest BCUT2D eigenvalue weighted by atomic mass is 10.0. The molecule has 3 rings (SSSR count). The van der Waals surface area contributed by atoms with Crippen molar-refractivity contribution in [2.24, 2.45) is 0 Å². The highest BCUT2D eigenvalue weighted by Gasteiger charge is 2.34. The first-order valence-corrected chi connectivity index (χ1v) is 9.42. The van der Waals surface area contributed by atoms with E-state index in [4.69, 9.17) is 5.11 Å². The largest absolute Gasteiger partial charge is 0.416 e. The van der Waals surface area contributed by atoms with Crippen LogP contribution < -0.4 is 0 Å². The molecule has 0 saturated carbocycles. The van der Waals surface area contributed by atoms with Gasteiger partial charge in [0, 0.05) is 45.3 Å². The van der Waals surface area contributed by atoms with Crippen LogP contribution in [0, 0.1) is 0 Å². The lowest BCUT2D eigenvalue weighted by Gasteiger charge is -2.42. The van der Waals surface area contributed by atoms with E-state index in [0.717, 1.165) is 58.7 Å². The Kier molecular flexibility index (Phi) is 6.55. The van der Waals surface area contributed by atoms with Crippen molar-refractivity contribution in [3.05, 3.63) is 35.4 Å². The maximum Gasteiger partial charge on any atom is 0.416 e. The molecular formula is C19H28F3N3O. The summed E-state index contributed by atoms with van der Waals surface area (Å²) in [6.07, 6.45) is -2.27. The summed E-state index contributed by atoms with van der Waals surface area (Å²) in [5.74, 6) is 0. The van der Waals surface area contributed by atoms with Crippen LogP contribution in [0.15, 0.2) is 24.3 Å². The molecule has 0 atom stereocenters. The number of benzene rings is 1. The summed E-state index contributed by atoms with van der Waals surface area (Å²) >= 11 is 0. The molecule has 2 fully saturated rings. The molecule has 0 unspecified atom stereocenters. The molecule has 2 saturated heterocycles. The Morgan fingerprint density at radius 2 is 1.58 bits per heavy atom. The summed E-state index contributed by atoms with van der Waals surface area (Å²) < 4.78 is 39.4. The van der Waals surface area contributed by atoms with Gasteiger partial charge < -0.3 is 5.11 Å². The Hall–Kier alpha value is -1.15. The molecule has 0 aliphatic carbocycles. The van der Waals surface area contributed by atoms with E-state index in [2.05, 4.69) is 14.7 Å². The van der Waals surface area contributed by atoms with E-state index in [0.29, 0.717) is 18.2 Å². The molecule has 2 aliphatic rings. The van der Waals surface area contributed by atoms with E-state index in [1.165, 1.54) is 12.1 Å². The smallest absolute Gasteiger partial charge is 0.395 e. The van der Waals surface area contributed by atoms with Gasteiger partial charge >= 0.3 is 6.18 Å². The Balaban J connectivity index is 1.49. The second kappa shape index (κ2) is 8.69. The molecule has 146 valence electrons. The second-order valence-electron chi connectivity index (χ2n) is 7.26.